The van der Waals surface area contributed by atoms with Crippen molar-refractivity contribution in [2.75, 3.05) is 12.9 Å². The van der Waals surface area contributed by atoms with Crippen molar-refractivity contribution in [1.29, 1.82) is 0 Å². The molecule has 0 radical (unpaired) electrons. The lowest BCUT2D eigenvalue weighted by Crippen LogP contribution is -2.33. The molecule has 0 bridgehead atoms. The highest BCUT2D eigenvalue weighted by Crippen LogP contribution is 2.28. The number of pyridine rings is 1. The Morgan fingerprint density at radius 3 is 3.15 bits per heavy atom. The molecule has 2 rings (SSSR count). The summed E-state index contributed by atoms with van der Waals surface area (Å²) < 4.78 is 0. The Morgan fingerprint density at radius 1 is 1.60 bits per heavy atom. The van der Waals surface area contributed by atoms with Gasteiger partial charge in [-0.25, -0.2) is 0 Å². The Labute approximate surface area is 123 Å². The Bertz CT molecular complexity index is 536. The second-order valence-electron chi connectivity index (χ2n) is 4.72. The number of amides is 1. The molecule has 1 aliphatic carbocycles. The monoisotopic (exact) mass is 290 g/mol. The molecule has 0 aliphatic heterocycles. The molecule has 2 unspecified atom stereocenters. The summed E-state index contributed by atoms with van der Waals surface area (Å²) in [6, 6.07) is 1.91. The summed E-state index contributed by atoms with van der Waals surface area (Å²) in [5.41, 5.74) is 1.08. The number of hydrogen-bond acceptors (Lipinski definition) is 4. The molecule has 1 saturated carbocycles. The average molecular weight is 290 g/mol. The van der Waals surface area contributed by atoms with Crippen molar-refractivity contribution in [2.45, 2.75) is 30.6 Å². The minimum absolute atomic E-state index is 0.110. The number of carbonyl (C=O) groups is 1. The average Bonchev–Trinajstić information content (AvgIpc) is 2.93. The van der Waals surface area contributed by atoms with Crippen molar-refractivity contribution in [3.63, 3.8) is 0 Å². The molecule has 1 fully saturated rings. The molecular weight excluding hydrogens is 272 g/mol. The number of thioether (sulfide) groups is 1. The molecular formula is C15H18N2O2S. The molecule has 0 aromatic carbocycles. The summed E-state index contributed by atoms with van der Waals surface area (Å²) in [7, 11) is 0. The highest BCUT2D eigenvalue weighted by atomic mass is 32.2. The topological polar surface area (TPSA) is 62.2 Å². The number of nitrogens with zero attached hydrogens (tertiary/aromatic N) is 1. The van der Waals surface area contributed by atoms with Crippen molar-refractivity contribution < 1.29 is 9.90 Å². The molecule has 1 aliphatic rings. The van der Waals surface area contributed by atoms with Gasteiger partial charge in [0.25, 0.3) is 5.91 Å². The third-order valence-electron chi connectivity index (χ3n) is 3.42. The van der Waals surface area contributed by atoms with Crippen LogP contribution in [0.5, 0.6) is 0 Å². The van der Waals surface area contributed by atoms with Gasteiger partial charge < -0.3 is 10.4 Å². The van der Waals surface area contributed by atoms with Crippen LogP contribution >= 0.6 is 11.8 Å². The lowest BCUT2D eigenvalue weighted by molar-refractivity contribution is 0.0937. The maximum Gasteiger partial charge on any atom is 0.252 e. The van der Waals surface area contributed by atoms with E-state index in [9.17, 15) is 4.79 Å². The van der Waals surface area contributed by atoms with E-state index in [1.165, 1.54) is 0 Å². The van der Waals surface area contributed by atoms with Crippen molar-refractivity contribution in [2.24, 2.45) is 0 Å². The largest absolute Gasteiger partial charge is 0.384 e. The summed E-state index contributed by atoms with van der Waals surface area (Å²) >= 11 is 1.86. The zero-order chi connectivity index (χ0) is 14.4. The number of aliphatic hydroxyl groups is 1. The van der Waals surface area contributed by atoms with E-state index in [0.717, 1.165) is 19.3 Å². The van der Waals surface area contributed by atoms with Gasteiger partial charge in [0, 0.05) is 23.7 Å². The summed E-state index contributed by atoms with van der Waals surface area (Å²) in [4.78, 5) is 16.3. The normalized spacial score (nSPS) is 21.1. The first-order valence-electron chi connectivity index (χ1n) is 6.62. The van der Waals surface area contributed by atoms with Gasteiger partial charge >= 0.3 is 0 Å². The molecule has 4 nitrogen and oxygen atoms in total. The highest BCUT2D eigenvalue weighted by Gasteiger charge is 2.25. The molecule has 20 heavy (non-hydrogen) atoms. The fourth-order valence-electron chi connectivity index (χ4n) is 2.38. The third-order valence-corrected chi connectivity index (χ3v) is 4.52. The zero-order valence-electron chi connectivity index (χ0n) is 11.4. The van der Waals surface area contributed by atoms with Gasteiger partial charge in [0.2, 0.25) is 0 Å². The fraction of sp³-hybridized carbons (Fsp3) is 0.467. The number of rotatable bonds is 3. The van der Waals surface area contributed by atoms with E-state index in [-0.39, 0.29) is 18.6 Å². The molecule has 1 heterocycles. The molecule has 2 atom stereocenters. The van der Waals surface area contributed by atoms with Gasteiger partial charge in [-0.1, -0.05) is 11.8 Å². The summed E-state index contributed by atoms with van der Waals surface area (Å²) in [6.07, 6.45) is 8.45. The van der Waals surface area contributed by atoms with Crippen LogP contribution in [0.1, 0.15) is 35.2 Å². The van der Waals surface area contributed by atoms with Gasteiger partial charge in [0.1, 0.15) is 6.61 Å². The molecule has 5 heteroatoms. The van der Waals surface area contributed by atoms with E-state index in [4.69, 9.17) is 5.11 Å². The van der Waals surface area contributed by atoms with Crippen LogP contribution in [0, 0.1) is 11.8 Å². The van der Waals surface area contributed by atoms with Gasteiger partial charge in [-0.3, -0.25) is 9.78 Å². The summed E-state index contributed by atoms with van der Waals surface area (Å²) in [5.74, 6) is 5.20. The Morgan fingerprint density at radius 2 is 2.45 bits per heavy atom. The van der Waals surface area contributed by atoms with Gasteiger partial charge in [-0.05, 0) is 31.6 Å². The lowest BCUT2D eigenvalue weighted by atomic mass is 10.1. The van der Waals surface area contributed by atoms with Crippen LogP contribution in [0.4, 0.5) is 0 Å². The van der Waals surface area contributed by atoms with Gasteiger partial charge in [0.05, 0.1) is 11.1 Å². The molecule has 1 amide bonds. The summed E-state index contributed by atoms with van der Waals surface area (Å²) in [6.45, 7) is -0.228. The first-order chi connectivity index (χ1) is 9.74. The highest BCUT2D eigenvalue weighted by molar-refractivity contribution is 7.99. The predicted molar refractivity (Wildman–Crippen MR) is 80.6 cm³/mol. The van der Waals surface area contributed by atoms with Gasteiger partial charge in [-0.2, -0.15) is 11.8 Å². The van der Waals surface area contributed by atoms with Crippen LogP contribution in [0.15, 0.2) is 18.5 Å². The Hall–Kier alpha value is -1.51. The van der Waals surface area contributed by atoms with E-state index in [2.05, 4.69) is 28.4 Å². The Kier molecular flexibility index (Phi) is 5.45. The number of carbonyl (C=O) groups excluding carboxylic acids is 1. The summed E-state index contributed by atoms with van der Waals surface area (Å²) in [5, 5.41) is 12.5. The van der Waals surface area contributed by atoms with E-state index in [1.54, 1.807) is 18.5 Å². The quantitative estimate of drug-likeness (QED) is 0.827. The van der Waals surface area contributed by atoms with Crippen LogP contribution < -0.4 is 5.32 Å². The predicted octanol–water partition coefficient (Wildman–Crippen LogP) is 1.44. The number of hydrogen-bond donors (Lipinski definition) is 2. The minimum atomic E-state index is -0.228. The van der Waals surface area contributed by atoms with Crippen LogP contribution in [-0.2, 0) is 0 Å². The lowest BCUT2D eigenvalue weighted by Gasteiger charge is -2.13. The number of nitrogens with one attached hydrogen (secondary N) is 1. The SMILES string of the molecule is CSC1CCC(NC(=O)c2ccncc2C#CCO)C1. The van der Waals surface area contributed by atoms with Gasteiger partial charge in [-0.15, -0.1) is 0 Å². The molecule has 0 spiro atoms. The first-order valence-corrected chi connectivity index (χ1v) is 7.90. The molecule has 0 saturated heterocycles. The third kappa shape index (κ3) is 3.75. The van der Waals surface area contributed by atoms with Gasteiger partial charge in [0.15, 0.2) is 0 Å². The first kappa shape index (κ1) is 14.9. The maximum absolute atomic E-state index is 12.3. The van der Waals surface area contributed by atoms with E-state index in [1.807, 2.05) is 11.8 Å². The second kappa shape index (κ2) is 7.32. The van der Waals surface area contributed by atoms with Crippen LogP contribution in [0.2, 0.25) is 0 Å². The minimum Gasteiger partial charge on any atom is -0.384 e. The number of aromatic nitrogens is 1. The van der Waals surface area contributed by atoms with E-state index in [0.29, 0.717) is 16.4 Å². The maximum atomic E-state index is 12.3. The molecule has 1 aromatic heterocycles. The standard InChI is InChI=1S/C15H18N2O2S/c1-20-13-5-4-12(9-13)17-15(19)14-6-7-16-10-11(14)3-2-8-18/h6-7,10,12-13,18H,4-5,8-9H2,1H3,(H,17,19). The van der Waals surface area contributed by atoms with Crippen molar-refractivity contribution in [3.05, 3.63) is 29.6 Å². The molecule has 2 N–H and O–H groups in total. The Balaban J connectivity index is 2.06. The van der Waals surface area contributed by atoms with Crippen LogP contribution in [-0.4, -0.2) is 40.2 Å². The van der Waals surface area contributed by atoms with E-state index < -0.39 is 0 Å². The van der Waals surface area contributed by atoms with Crippen molar-refractivity contribution in [1.82, 2.24) is 10.3 Å². The second-order valence-corrected chi connectivity index (χ2v) is 5.86. The number of aliphatic hydroxyl groups excluding tert-OH is 1. The van der Waals surface area contributed by atoms with E-state index >= 15 is 0 Å². The van der Waals surface area contributed by atoms with Crippen molar-refractivity contribution >= 4 is 17.7 Å². The van der Waals surface area contributed by atoms with Crippen LogP contribution in [0.25, 0.3) is 0 Å². The fourth-order valence-corrected chi connectivity index (χ4v) is 3.17. The molecule has 106 valence electrons. The van der Waals surface area contributed by atoms with Crippen molar-refractivity contribution in [3.8, 4) is 11.8 Å². The smallest absolute Gasteiger partial charge is 0.252 e. The van der Waals surface area contributed by atoms with Crippen LogP contribution in [0.3, 0.4) is 0 Å². The molecule has 1 aromatic rings. The zero-order valence-corrected chi connectivity index (χ0v) is 12.2.